The number of carbonyl (C=O) groups is 3. The van der Waals surface area contributed by atoms with Crippen LogP contribution in [0, 0.1) is 0 Å². The molecule has 0 saturated carbocycles. The summed E-state index contributed by atoms with van der Waals surface area (Å²) in [5.41, 5.74) is 8.62. The second-order valence-electron chi connectivity index (χ2n) is 11.4. The van der Waals surface area contributed by atoms with Crippen molar-refractivity contribution in [1.29, 1.82) is 0 Å². The monoisotopic (exact) mass is 630 g/mol. The third-order valence-electron chi connectivity index (χ3n) is 8.71. The third kappa shape index (κ3) is 4.93. The van der Waals surface area contributed by atoms with E-state index >= 15 is 0 Å². The van der Waals surface area contributed by atoms with Crippen molar-refractivity contribution >= 4 is 40.9 Å². The van der Waals surface area contributed by atoms with Gasteiger partial charge in [-0.05, 0) is 46.5 Å². The molecule has 0 radical (unpaired) electrons. The van der Waals surface area contributed by atoms with Crippen molar-refractivity contribution in [3.05, 3.63) is 189 Å². The van der Waals surface area contributed by atoms with Gasteiger partial charge in [0.25, 0.3) is 0 Å². The fourth-order valence-electron chi connectivity index (χ4n) is 6.42. The zero-order valence-corrected chi connectivity index (χ0v) is 26.3. The van der Waals surface area contributed by atoms with Crippen molar-refractivity contribution in [2.24, 2.45) is 0 Å². The number of rotatable bonds is 2. The minimum atomic E-state index is -0.0641. The van der Waals surface area contributed by atoms with Crippen molar-refractivity contribution in [2.45, 2.75) is 32.4 Å². The maximum absolute atomic E-state index is 13.8. The number of hydrogen-bond donors (Lipinski definition) is 0. The maximum atomic E-state index is 13.8. The van der Waals surface area contributed by atoms with Gasteiger partial charge in [-0.25, -0.2) is 0 Å². The smallest absolute Gasteiger partial charge is 0.194 e. The van der Waals surface area contributed by atoms with E-state index in [1.54, 1.807) is 72.1 Å². The van der Waals surface area contributed by atoms with Gasteiger partial charge in [-0.3, -0.25) is 14.4 Å². The second-order valence-corrected chi connectivity index (χ2v) is 13.6. The molecule has 0 aromatic heterocycles. The van der Waals surface area contributed by atoms with Crippen molar-refractivity contribution in [3.63, 3.8) is 0 Å². The van der Waals surface area contributed by atoms with Crippen LogP contribution in [0.1, 0.15) is 70.0 Å². The second kappa shape index (κ2) is 11.8. The SMILES string of the molecule is O=C(c1cccc2c1Cc1ccccc1S2)c1cccc2c1Cc1ccccc1S2.O=C1c2ccccc2C(=O)c2ccccc21. The molecular weight excluding hydrogens is 605 g/mol. The fraction of sp³-hybridized carbons (Fsp3) is 0.0488. The van der Waals surface area contributed by atoms with Crippen LogP contribution in [-0.2, 0) is 12.8 Å². The molecule has 6 aromatic carbocycles. The zero-order valence-electron chi connectivity index (χ0n) is 24.7. The lowest BCUT2D eigenvalue weighted by Crippen LogP contribution is -2.20. The summed E-state index contributed by atoms with van der Waals surface area (Å²) in [6, 6.07) is 43.2. The number of ketones is 3. The molecule has 46 heavy (non-hydrogen) atoms. The molecule has 5 heteroatoms. The third-order valence-corrected chi connectivity index (χ3v) is 11.1. The molecule has 0 atom stereocenters. The highest BCUT2D eigenvalue weighted by Gasteiger charge is 2.29. The Labute approximate surface area is 275 Å². The maximum Gasteiger partial charge on any atom is 0.194 e. The number of carbonyl (C=O) groups excluding carboxylic acids is 3. The molecule has 2 heterocycles. The largest absolute Gasteiger partial charge is 0.289 e. The topological polar surface area (TPSA) is 51.2 Å². The Bertz CT molecular complexity index is 2030. The normalized spacial score (nSPS) is 13.5. The first kappa shape index (κ1) is 28.5. The van der Waals surface area contributed by atoms with Crippen LogP contribution in [0.2, 0.25) is 0 Å². The predicted molar refractivity (Wildman–Crippen MR) is 183 cm³/mol. The summed E-state index contributed by atoms with van der Waals surface area (Å²) in [7, 11) is 0. The Morgan fingerprint density at radius 2 is 0.761 bits per heavy atom. The van der Waals surface area contributed by atoms with Gasteiger partial charge in [0.1, 0.15) is 0 Å². The van der Waals surface area contributed by atoms with E-state index in [4.69, 9.17) is 0 Å². The van der Waals surface area contributed by atoms with Crippen molar-refractivity contribution in [1.82, 2.24) is 0 Å². The summed E-state index contributed by atoms with van der Waals surface area (Å²) in [6.45, 7) is 0. The van der Waals surface area contributed by atoms with Gasteiger partial charge in [-0.1, -0.05) is 133 Å². The Hall–Kier alpha value is -4.97. The van der Waals surface area contributed by atoms with Gasteiger partial charge in [0.05, 0.1) is 0 Å². The Balaban J connectivity index is 0.000000164. The molecule has 1 aliphatic carbocycles. The van der Waals surface area contributed by atoms with Crippen molar-refractivity contribution in [3.8, 4) is 0 Å². The van der Waals surface area contributed by atoms with Crippen LogP contribution in [0.15, 0.2) is 153 Å². The number of benzene rings is 6. The highest BCUT2D eigenvalue weighted by molar-refractivity contribution is 7.99. The lowest BCUT2D eigenvalue weighted by Gasteiger charge is -2.23. The predicted octanol–water partition coefficient (Wildman–Crippen LogP) is 9.49. The summed E-state index contributed by atoms with van der Waals surface area (Å²) in [5.74, 6) is 0.0141. The van der Waals surface area contributed by atoms with E-state index in [1.165, 1.54) is 30.7 Å². The van der Waals surface area contributed by atoms with Gasteiger partial charge in [-0.2, -0.15) is 0 Å². The molecule has 0 bridgehead atoms. The quantitative estimate of drug-likeness (QED) is 0.178. The highest BCUT2D eigenvalue weighted by Crippen LogP contribution is 2.43. The highest BCUT2D eigenvalue weighted by atomic mass is 32.2. The van der Waals surface area contributed by atoms with Gasteiger partial charge in [0.15, 0.2) is 17.3 Å². The summed E-state index contributed by atoms with van der Waals surface area (Å²) in [6.07, 6.45) is 1.63. The number of fused-ring (bicyclic) bond motifs is 6. The lowest BCUT2D eigenvalue weighted by molar-refractivity contribution is 0.0979. The molecule has 0 spiro atoms. The van der Waals surface area contributed by atoms with E-state index in [0.29, 0.717) is 22.3 Å². The fourth-order valence-corrected chi connectivity index (χ4v) is 8.64. The minimum Gasteiger partial charge on any atom is -0.289 e. The van der Waals surface area contributed by atoms with Gasteiger partial charge in [0.2, 0.25) is 0 Å². The van der Waals surface area contributed by atoms with Crippen LogP contribution in [0.4, 0.5) is 0 Å². The first-order valence-electron chi connectivity index (χ1n) is 15.1. The van der Waals surface area contributed by atoms with E-state index < -0.39 is 0 Å². The molecule has 0 fully saturated rings. The molecule has 0 amide bonds. The molecule has 3 aliphatic rings. The van der Waals surface area contributed by atoms with E-state index in [9.17, 15) is 14.4 Å². The summed E-state index contributed by atoms with van der Waals surface area (Å²) in [4.78, 5) is 43.0. The van der Waals surface area contributed by atoms with E-state index in [1.807, 2.05) is 24.3 Å². The molecule has 9 rings (SSSR count). The molecule has 0 unspecified atom stereocenters. The standard InChI is InChI=1S/C27H18OS2.C14H8O2/c28-27(19-9-5-13-25-21(19)15-17-7-1-3-11-23(17)29-25)20-10-6-14-26-22(20)16-18-8-2-4-12-24(18)30-26;15-13-9-5-1-2-6-10(9)14(16)12-8-4-3-7-11(12)13/h1-14H,15-16H2;1-8H. The van der Waals surface area contributed by atoms with Crippen LogP contribution in [-0.4, -0.2) is 17.3 Å². The summed E-state index contributed by atoms with van der Waals surface area (Å²) in [5, 5.41) is 0. The Morgan fingerprint density at radius 3 is 1.17 bits per heavy atom. The summed E-state index contributed by atoms with van der Waals surface area (Å²) >= 11 is 3.54. The van der Waals surface area contributed by atoms with Crippen molar-refractivity contribution < 1.29 is 14.4 Å². The van der Waals surface area contributed by atoms with E-state index in [2.05, 4.69) is 60.7 Å². The zero-order chi connectivity index (χ0) is 31.2. The first-order chi connectivity index (χ1) is 22.6. The molecule has 0 N–H and O–H groups in total. The average Bonchev–Trinajstić information content (AvgIpc) is 3.11. The van der Waals surface area contributed by atoms with Crippen molar-refractivity contribution in [2.75, 3.05) is 0 Å². The van der Waals surface area contributed by atoms with Crippen LogP contribution in [0.5, 0.6) is 0 Å². The molecule has 0 saturated heterocycles. The minimum absolute atomic E-state index is 0.0641. The Kier molecular flexibility index (Phi) is 7.28. The first-order valence-corrected chi connectivity index (χ1v) is 16.8. The molecule has 3 nitrogen and oxygen atoms in total. The van der Waals surface area contributed by atoms with E-state index in [0.717, 1.165) is 35.1 Å². The van der Waals surface area contributed by atoms with Gasteiger partial charge in [-0.15, -0.1) is 0 Å². The van der Waals surface area contributed by atoms with Crippen LogP contribution in [0.25, 0.3) is 0 Å². The molecular formula is C41H26O3S2. The van der Waals surface area contributed by atoms with Crippen LogP contribution >= 0.6 is 23.5 Å². The molecule has 2 aliphatic heterocycles. The molecule has 220 valence electrons. The summed E-state index contributed by atoms with van der Waals surface area (Å²) < 4.78 is 0. The Morgan fingerprint density at radius 1 is 0.413 bits per heavy atom. The van der Waals surface area contributed by atoms with Gasteiger partial charge < -0.3 is 0 Å². The molecule has 6 aromatic rings. The lowest BCUT2D eigenvalue weighted by atomic mass is 9.84. The van der Waals surface area contributed by atoms with Crippen LogP contribution in [0.3, 0.4) is 0 Å². The van der Waals surface area contributed by atoms with E-state index in [-0.39, 0.29) is 17.3 Å². The van der Waals surface area contributed by atoms with Gasteiger partial charge in [0, 0.05) is 65.8 Å². The van der Waals surface area contributed by atoms with Crippen LogP contribution < -0.4 is 0 Å². The van der Waals surface area contributed by atoms with Gasteiger partial charge >= 0.3 is 0 Å². The number of hydrogen-bond acceptors (Lipinski definition) is 5. The average molecular weight is 631 g/mol.